The van der Waals surface area contributed by atoms with Crippen molar-refractivity contribution in [3.05, 3.63) is 90.0 Å². The van der Waals surface area contributed by atoms with E-state index in [1.165, 1.54) is 6.92 Å². The molecule has 0 aliphatic carbocycles. The zero-order valence-electron chi connectivity index (χ0n) is 17.8. The Morgan fingerprint density at radius 1 is 0.938 bits per heavy atom. The van der Waals surface area contributed by atoms with Gasteiger partial charge in [0.2, 0.25) is 15.9 Å². The second kappa shape index (κ2) is 10.1. The number of sulfonamides is 1. The first-order valence-electron chi connectivity index (χ1n) is 9.88. The average molecular weight is 453 g/mol. The van der Waals surface area contributed by atoms with Crippen LogP contribution in [0.25, 0.3) is 0 Å². The summed E-state index contributed by atoms with van der Waals surface area (Å²) in [6.07, 6.45) is 1.04. The molecular weight excluding hydrogens is 428 g/mol. The normalized spacial score (nSPS) is 10.9. The summed E-state index contributed by atoms with van der Waals surface area (Å²) in [5, 5.41) is 2.64. The van der Waals surface area contributed by atoms with Gasteiger partial charge in [0.1, 0.15) is 18.9 Å². The van der Waals surface area contributed by atoms with Gasteiger partial charge in [-0.2, -0.15) is 0 Å². The summed E-state index contributed by atoms with van der Waals surface area (Å²) in [6.45, 7) is 1.41. The van der Waals surface area contributed by atoms with Gasteiger partial charge in [0.05, 0.1) is 11.9 Å². The number of carbonyl (C=O) groups excluding carboxylic acids is 2. The molecule has 0 heterocycles. The van der Waals surface area contributed by atoms with Crippen LogP contribution in [0.4, 0.5) is 11.4 Å². The van der Waals surface area contributed by atoms with Crippen molar-refractivity contribution in [2.75, 3.05) is 22.4 Å². The molecule has 0 bridgehead atoms. The summed E-state index contributed by atoms with van der Waals surface area (Å²) < 4.78 is 31.4. The van der Waals surface area contributed by atoms with Gasteiger partial charge in [-0.25, -0.2) is 8.42 Å². The Bertz CT molecular complexity index is 1190. The second-order valence-electron chi connectivity index (χ2n) is 7.22. The molecule has 8 heteroatoms. The third kappa shape index (κ3) is 6.42. The van der Waals surface area contributed by atoms with Gasteiger partial charge in [-0.1, -0.05) is 42.5 Å². The van der Waals surface area contributed by atoms with Crippen LogP contribution in [0.15, 0.2) is 78.9 Å². The van der Waals surface area contributed by atoms with E-state index in [1.54, 1.807) is 48.5 Å². The molecule has 32 heavy (non-hydrogen) atoms. The molecule has 0 saturated heterocycles. The van der Waals surface area contributed by atoms with Crippen molar-refractivity contribution in [3.8, 4) is 5.75 Å². The molecule has 0 radical (unpaired) electrons. The van der Waals surface area contributed by atoms with E-state index >= 15 is 0 Å². The van der Waals surface area contributed by atoms with Crippen LogP contribution < -0.4 is 14.4 Å². The van der Waals surface area contributed by atoms with Gasteiger partial charge in [-0.15, -0.1) is 0 Å². The number of ketones is 1. The number of ether oxygens (including phenoxy) is 1. The molecule has 7 nitrogen and oxygen atoms in total. The van der Waals surface area contributed by atoms with Crippen molar-refractivity contribution in [3.63, 3.8) is 0 Å². The van der Waals surface area contributed by atoms with Crippen LogP contribution in [0.2, 0.25) is 0 Å². The SMILES string of the molecule is CC(=O)c1cccc(NC(=O)CN(c2ccc(OCc3ccccc3)cc2)S(C)(=O)=O)c1. The Kier molecular flexibility index (Phi) is 7.27. The van der Waals surface area contributed by atoms with Gasteiger partial charge in [0.15, 0.2) is 5.78 Å². The smallest absolute Gasteiger partial charge is 0.245 e. The lowest BCUT2D eigenvalue weighted by molar-refractivity contribution is -0.114. The summed E-state index contributed by atoms with van der Waals surface area (Å²) in [5.74, 6) is -0.0782. The molecular formula is C24H24N2O5S. The molecule has 0 unspecified atom stereocenters. The molecule has 0 aliphatic heterocycles. The molecule has 0 fully saturated rings. The van der Waals surface area contributed by atoms with Crippen LogP contribution in [0.5, 0.6) is 5.75 Å². The number of hydrogen-bond donors (Lipinski definition) is 1. The third-order valence-corrected chi connectivity index (χ3v) is 5.75. The summed E-state index contributed by atoms with van der Waals surface area (Å²) in [6, 6.07) is 22.6. The lowest BCUT2D eigenvalue weighted by atomic mass is 10.1. The number of Topliss-reactive ketones (excluding diaryl/α,β-unsaturated/α-hetero) is 1. The zero-order valence-corrected chi connectivity index (χ0v) is 18.6. The zero-order chi connectivity index (χ0) is 23.1. The highest BCUT2D eigenvalue weighted by atomic mass is 32.2. The van der Waals surface area contributed by atoms with Crippen LogP contribution >= 0.6 is 0 Å². The summed E-state index contributed by atoms with van der Waals surface area (Å²) in [5.41, 5.74) is 2.22. The Morgan fingerprint density at radius 3 is 2.25 bits per heavy atom. The van der Waals surface area contributed by atoms with Gasteiger partial charge < -0.3 is 10.1 Å². The minimum atomic E-state index is -3.72. The standard InChI is InChI=1S/C24H24N2O5S/c1-18(27)20-9-6-10-21(15-20)25-24(28)16-26(32(2,29)30)22-11-13-23(14-12-22)31-17-19-7-4-3-5-8-19/h3-15H,16-17H2,1-2H3,(H,25,28). The van der Waals surface area contributed by atoms with Crippen molar-refractivity contribution in [2.24, 2.45) is 0 Å². The van der Waals surface area contributed by atoms with E-state index in [0.717, 1.165) is 16.1 Å². The quantitative estimate of drug-likeness (QED) is 0.498. The number of amides is 1. The van der Waals surface area contributed by atoms with Crippen LogP contribution in [-0.2, 0) is 21.4 Å². The topological polar surface area (TPSA) is 92.8 Å². The van der Waals surface area contributed by atoms with Crippen LogP contribution in [0, 0.1) is 0 Å². The number of anilines is 2. The van der Waals surface area contributed by atoms with E-state index in [9.17, 15) is 18.0 Å². The van der Waals surface area contributed by atoms with Crippen LogP contribution in [0.3, 0.4) is 0 Å². The van der Waals surface area contributed by atoms with Crippen molar-refractivity contribution in [1.82, 2.24) is 0 Å². The van der Waals surface area contributed by atoms with Gasteiger partial charge in [0, 0.05) is 11.3 Å². The Morgan fingerprint density at radius 2 is 1.62 bits per heavy atom. The average Bonchev–Trinajstić information content (AvgIpc) is 2.76. The number of rotatable bonds is 9. The molecule has 3 rings (SSSR count). The fourth-order valence-corrected chi connectivity index (χ4v) is 3.85. The summed E-state index contributed by atoms with van der Waals surface area (Å²) in [4.78, 5) is 24.0. The number of benzene rings is 3. The molecule has 1 N–H and O–H groups in total. The maximum atomic E-state index is 12.5. The van der Waals surface area contributed by atoms with E-state index in [4.69, 9.17) is 4.74 Å². The fourth-order valence-electron chi connectivity index (χ4n) is 3.00. The van der Waals surface area contributed by atoms with E-state index in [0.29, 0.717) is 29.3 Å². The van der Waals surface area contributed by atoms with Crippen molar-refractivity contribution in [2.45, 2.75) is 13.5 Å². The molecule has 0 aromatic heterocycles. The van der Waals surface area contributed by atoms with Crippen molar-refractivity contribution >= 4 is 33.1 Å². The van der Waals surface area contributed by atoms with E-state index in [2.05, 4.69) is 5.32 Å². The lowest BCUT2D eigenvalue weighted by Gasteiger charge is -2.22. The van der Waals surface area contributed by atoms with Crippen molar-refractivity contribution in [1.29, 1.82) is 0 Å². The lowest BCUT2D eigenvalue weighted by Crippen LogP contribution is -2.37. The summed E-state index contributed by atoms with van der Waals surface area (Å²) in [7, 11) is -3.72. The number of hydrogen-bond acceptors (Lipinski definition) is 5. The molecule has 0 atom stereocenters. The molecule has 166 valence electrons. The van der Waals surface area contributed by atoms with Gasteiger partial charge >= 0.3 is 0 Å². The molecule has 3 aromatic carbocycles. The molecule has 1 amide bonds. The monoisotopic (exact) mass is 452 g/mol. The van der Waals surface area contributed by atoms with Crippen LogP contribution in [0.1, 0.15) is 22.8 Å². The molecule has 0 aliphatic rings. The minimum Gasteiger partial charge on any atom is -0.489 e. The van der Waals surface area contributed by atoms with E-state index in [-0.39, 0.29) is 5.78 Å². The fraction of sp³-hybridized carbons (Fsp3) is 0.167. The highest BCUT2D eigenvalue weighted by Crippen LogP contribution is 2.22. The first-order valence-corrected chi connectivity index (χ1v) is 11.7. The predicted octanol–water partition coefficient (Wildman–Crippen LogP) is 3.87. The highest BCUT2D eigenvalue weighted by Gasteiger charge is 2.21. The van der Waals surface area contributed by atoms with Gasteiger partial charge in [-0.05, 0) is 48.9 Å². The number of carbonyl (C=O) groups is 2. The second-order valence-corrected chi connectivity index (χ2v) is 9.13. The predicted molar refractivity (Wildman–Crippen MR) is 124 cm³/mol. The van der Waals surface area contributed by atoms with Crippen molar-refractivity contribution < 1.29 is 22.7 Å². The highest BCUT2D eigenvalue weighted by molar-refractivity contribution is 7.92. The maximum absolute atomic E-state index is 12.5. The first kappa shape index (κ1) is 23.0. The largest absolute Gasteiger partial charge is 0.489 e. The Balaban J connectivity index is 1.69. The molecule has 0 saturated carbocycles. The maximum Gasteiger partial charge on any atom is 0.245 e. The first-order chi connectivity index (χ1) is 15.2. The number of nitrogens with one attached hydrogen (secondary N) is 1. The van der Waals surface area contributed by atoms with E-state index in [1.807, 2.05) is 30.3 Å². The Hall–Kier alpha value is -3.65. The van der Waals surface area contributed by atoms with E-state index < -0.39 is 22.5 Å². The summed E-state index contributed by atoms with van der Waals surface area (Å²) >= 11 is 0. The molecule has 0 spiro atoms. The number of nitrogens with zero attached hydrogens (tertiary/aromatic N) is 1. The molecule has 3 aromatic rings. The van der Waals surface area contributed by atoms with Gasteiger partial charge in [0.25, 0.3) is 0 Å². The third-order valence-electron chi connectivity index (χ3n) is 4.61. The minimum absolute atomic E-state index is 0.131. The van der Waals surface area contributed by atoms with Crippen LogP contribution in [-0.4, -0.2) is 32.9 Å². The Labute approximate surface area is 187 Å². The van der Waals surface area contributed by atoms with Gasteiger partial charge in [-0.3, -0.25) is 13.9 Å².